The molecule has 0 amide bonds. The Morgan fingerprint density at radius 1 is 1.38 bits per heavy atom. The number of benzene rings is 1. The second kappa shape index (κ2) is 3.53. The van der Waals surface area contributed by atoms with E-state index in [2.05, 4.69) is 4.99 Å². The Morgan fingerprint density at radius 2 is 2.12 bits per heavy atom. The summed E-state index contributed by atoms with van der Waals surface area (Å²) in [6.07, 6.45) is 1.01. The van der Waals surface area contributed by atoms with Gasteiger partial charge in [0.2, 0.25) is 0 Å². The summed E-state index contributed by atoms with van der Waals surface area (Å²) >= 11 is 0. The quantitative estimate of drug-likeness (QED) is 0.735. The fourth-order valence-corrected chi connectivity index (χ4v) is 1.88. The van der Waals surface area contributed by atoms with Crippen LogP contribution in [0, 0.1) is 0 Å². The number of hydrogen-bond donors (Lipinski definition) is 2. The first kappa shape index (κ1) is 10.5. The summed E-state index contributed by atoms with van der Waals surface area (Å²) in [6.45, 7) is 0. The highest BCUT2D eigenvalue weighted by Crippen LogP contribution is 2.21. The van der Waals surface area contributed by atoms with Gasteiger partial charge in [0.15, 0.2) is 5.03 Å². The maximum absolute atomic E-state index is 11.5. The molecule has 16 heavy (non-hydrogen) atoms. The van der Waals surface area contributed by atoms with Crippen molar-refractivity contribution in [2.45, 2.75) is 0 Å². The second-order valence-corrected chi connectivity index (χ2v) is 4.86. The van der Waals surface area contributed by atoms with E-state index in [4.69, 9.17) is 15.6 Å². The van der Waals surface area contributed by atoms with Crippen molar-refractivity contribution in [3.05, 3.63) is 35.5 Å². The van der Waals surface area contributed by atoms with Gasteiger partial charge in [0.25, 0.3) is 9.84 Å². The summed E-state index contributed by atoms with van der Waals surface area (Å²) in [5, 5.41) is 8.31. The van der Waals surface area contributed by atoms with Gasteiger partial charge in [-0.1, -0.05) is 6.07 Å². The Bertz CT molecular complexity index is 589. The summed E-state index contributed by atoms with van der Waals surface area (Å²) < 4.78 is 28.0. The number of nitrogens with two attached hydrogens (primary N) is 1. The van der Waals surface area contributed by atoms with Crippen molar-refractivity contribution >= 4 is 15.1 Å². The monoisotopic (exact) mass is 240 g/mol. The summed E-state index contributed by atoms with van der Waals surface area (Å²) in [5.41, 5.74) is 5.22. The van der Waals surface area contributed by atoms with Gasteiger partial charge in [-0.25, -0.2) is 13.4 Å². The van der Waals surface area contributed by atoms with Gasteiger partial charge in [0.05, 0.1) is 6.20 Å². The van der Waals surface area contributed by atoms with Crippen LogP contribution < -0.4 is 10.5 Å². The average molecular weight is 240 g/mol. The van der Waals surface area contributed by atoms with Crippen molar-refractivity contribution in [2.24, 2.45) is 10.7 Å². The molecule has 7 heteroatoms. The molecule has 0 aromatic heterocycles. The topological polar surface area (TPSA) is 102 Å². The fourth-order valence-electron chi connectivity index (χ4n) is 1.08. The molecule has 0 fully saturated rings. The molecular formula is C9H8N2O4S. The molecule has 0 unspecified atom stereocenters. The van der Waals surface area contributed by atoms with Gasteiger partial charge in [-0.15, -0.1) is 0 Å². The number of ether oxygens (including phenoxy) is 1. The van der Waals surface area contributed by atoms with E-state index in [0.717, 1.165) is 6.20 Å². The third-order valence-corrected chi connectivity index (χ3v) is 3.23. The largest absolute Gasteiger partial charge is 0.508 e. The van der Waals surface area contributed by atoms with Crippen molar-refractivity contribution in [3.63, 3.8) is 0 Å². The minimum atomic E-state index is -3.79. The molecule has 0 bridgehead atoms. The van der Waals surface area contributed by atoms with Gasteiger partial charge in [0.1, 0.15) is 11.5 Å². The van der Waals surface area contributed by atoms with Gasteiger partial charge in [-0.3, -0.25) is 0 Å². The number of aromatic hydroxyl groups is 1. The van der Waals surface area contributed by atoms with Crippen molar-refractivity contribution in [3.8, 4) is 11.5 Å². The summed E-state index contributed by atoms with van der Waals surface area (Å²) in [4.78, 5) is 3.53. The molecular weight excluding hydrogens is 232 g/mol. The van der Waals surface area contributed by atoms with Crippen molar-refractivity contribution in [2.75, 3.05) is 0 Å². The first-order valence-corrected chi connectivity index (χ1v) is 5.74. The first-order valence-electron chi connectivity index (χ1n) is 4.25. The standard InChI is InChI=1S/C9H8N2O4S/c10-8-5-11-9(16(8,13)14)15-7-3-1-2-6(12)4-7/h1-5,12H,10H2. The predicted octanol–water partition coefficient (Wildman–Crippen LogP) is 0.313. The van der Waals surface area contributed by atoms with Gasteiger partial charge >= 0.3 is 5.23 Å². The summed E-state index contributed by atoms with van der Waals surface area (Å²) in [7, 11) is -3.79. The molecule has 1 aliphatic rings. The van der Waals surface area contributed by atoms with Crippen LogP contribution in [-0.4, -0.2) is 18.8 Å². The third kappa shape index (κ3) is 1.72. The lowest BCUT2D eigenvalue weighted by Crippen LogP contribution is -2.22. The molecule has 1 aromatic carbocycles. The maximum atomic E-state index is 11.5. The van der Waals surface area contributed by atoms with Crippen LogP contribution in [0.4, 0.5) is 0 Å². The van der Waals surface area contributed by atoms with E-state index in [0.29, 0.717) is 0 Å². The fraction of sp³-hybridized carbons (Fsp3) is 0. The number of nitrogens with zero attached hydrogens (tertiary/aromatic N) is 1. The summed E-state index contributed by atoms with van der Waals surface area (Å²) in [6, 6.07) is 5.72. The Kier molecular flexibility index (Phi) is 2.31. The summed E-state index contributed by atoms with van der Waals surface area (Å²) in [5.74, 6) is 0.139. The molecule has 3 N–H and O–H groups in total. The van der Waals surface area contributed by atoms with Crippen LogP contribution in [-0.2, 0) is 9.84 Å². The molecule has 0 atom stereocenters. The Hall–Kier alpha value is -2.02. The van der Waals surface area contributed by atoms with Crippen LogP contribution in [0.15, 0.2) is 40.5 Å². The van der Waals surface area contributed by atoms with E-state index < -0.39 is 15.1 Å². The Labute approximate surface area is 91.6 Å². The van der Waals surface area contributed by atoms with Gasteiger partial charge in [-0.05, 0) is 12.1 Å². The molecule has 0 spiro atoms. The van der Waals surface area contributed by atoms with E-state index in [1.54, 1.807) is 0 Å². The SMILES string of the molecule is NC1=CN=C(Oc2cccc(O)c2)S1(=O)=O. The minimum absolute atomic E-state index is 0.0329. The highest BCUT2D eigenvalue weighted by atomic mass is 32.2. The average Bonchev–Trinajstić information content (AvgIpc) is 2.45. The maximum Gasteiger partial charge on any atom is 0.321 e. The number of sulfone groups is 1. The van der Waals surface area contributed by atoms with E-state index in [-0.39, 0.29) is 16.5 Å². The molecule has 2 rings (SSSR count). The molecule has 1 aliphatic heterocycles. The van der Waals surface area contributed by atoms with Gasteiger partial charge in [0, 0.05) is 6.07 Å². The normalized spacial score (nSPS) is 17.8. The zero-order chi connectivity index (χ0) is 11.8. The van der Waals surface area contributed by atoms with Crippen LogP contribution in [0.1, 0.15) is 0 Å². The number of hydrogen-bond acceptors (Lipinski definition) is 6. The number of aliphatic imine (C=N–C) groups is 1. The first-order chi connectivity index (χ1) is 7.50. The molecule has 1 aromatic rings. The van der Waals surface area contributed by atoms with Crippen LogP contribution >= 0.6 is 0 Å². The Balaban J connectivity index is 2.26. The molecule has 0 saturated heterocycles. The molecule has 1 heterocycles. The van der Waals surface area contributed by atoms with Gasteiger partial charge < -0.3 is 15.6 Å². The highest BCUT2D eigenvalue weighted by molar-refractivity contribution is 8.09. The van der Waals surface area contributed by atoms with Crippen molar-refractivity contribution < 1.29 is 18.3 Å². The van der Waals surface area contributed by atoms with Crippen LogP contribution in [0.25, 0.3) is 0 Å². The van der Waals surface area contributed by atoms with Crippen LogP contribution in [0.5, 0.6) is 11.5 Å². The lowest BCUT2D eigenvalue weighted by Gasteiger charge is -2.05. The van der Waals surface area contributed by atoms with E-state index in [1.165, 1.54) is 24.3 Å². The Morgan fingerprint density at radius 3 is 2.69 bits per heavy atom. The van der Waals surface area contributed by atoms with E-state index in [9.17, 15) is 8.42 Å². The lowest BCUT2D eigenvalue weighted by molar-refractivity contribution is 0.469. The third-order valence-electron chi connectivity index (χ3n) is 1.86. The number of rotatable bonds is 1. The molecule has 6 nitrogen and oxygen atoms in total. The smallest absolute Gasteiger partial charge is 0.321 e. The number of phenolic OH excluding ortho intramolecular Hbond substituents is 1. The van der Waals surface area contributed by atoms with Crippen LogP contribution in [0.2, 0.25) is 0 Å². The van der Waals surface area contributed by atoms with Crippen LogP contribution in [0.3, 0.4) is 0 Å². The molecule has 0 aliphatic carbocycles. The minimum Gasteiger partial charge on any atom is -0.508 e. The second-order valence-electron chi connectivity index (χ2n) is 3.03. The lowest BCUT2D eigenvalue weighted by atomic mass is 10.3. The zero-order valence-corrected chi connectivity index (χ0v) is 8.81. The highest BCUT2D eigenvalue weighted by Gasteiger charge is 2.30. The molecule has 0 radical (unpaired) electrons. The molecule has 84 valence electrons. The zero-order valence-electron chi connectivity index (χ0n) is 7.99. The van der Waals surface area contributed by atoms with Crippen molar-refractivity contribution in [1.82, 2.24) is 0 Å². The molecule has 0 saturated carbocycles. The predicted molar refractivity (Wildman–Crippen MR) is 57.4 cm³/mol. The van der Waals surface area contributed by atoms with Crippen molar-refractivity contribution in [1.29, 1.82) is 0 Å². The van der Waals surface area contributed by atoms with Gasteiger partial charge in [-0.2, -0.15) is 0 Å². The van der Waals surface area contributed by atoms with E-state index in [1.807, 2.05) is 0 Å². The number of phenols is 1. The van der Waals surface area contributed by atoms with E-state index >= 15 is 0 Å².